The zero-order valence-corrected chi connectivity index (χ0v) is 12.1. The van der Waals surface area contributed by atoms with Gasteiger partial charge in [-0.2, -0.15) is 5.26 Å². The number of benzene rings is 2. The zero-order chi connectivity index (χ0) is 16.1. The lowest BCUT2D eigenvalue weighted by atomic mass is 10.0. The molecule has 0 aliphatic rings. The van der Waals surface area contributed by atoms with Crippen molar-refractivity contribution < 1.29 is 18.3 Å². The molecule has 2 aromatic rings. The molecule has 0 aliphatic heterocycles. The molecule has 0 spiro atoms. The van der Waals surface area contributed by atoms with Crippen LogP contribution in [-0.2, 0) is 0 Å². The highest BCUT2D eigenvalue weighted by molar-refractivity contribution is 5.90. The van der Waals surface area contributed by atoms with Crippen molar-refractivity contribution in [2.45, 2.75) is 0 Å². The largest absolute Gasteiger partial charge is 0.493 e. The first-order chi connectivity index (χ1) is 10.6. The van der Waals surface area contributed by atoms with Crippen LogP contribution in [0.4, 0.5) is 8.78 Å². The van der Waals surface area contributed by atoms with E-state index in [-0.39, 0.29) is 11.1 Å². The molecule has 0 amide bonds. The first-order valence-electron chi connectivity index (χ1n) is 6.39. The van der Waals surface area contributed by atoms with Crippen LogP contribution in [0.25, 0.3) is 11.6 Å². The summed E-state index contributed by atoms with van der Waals surface area (Å²) in [5.74, 6) is -0.990. The third-order valence-corrected chi connectivity index (χ3v) is 3.10. The van der Waals surface area contributed by atoms with E-state index >= 15 is 0 Å². The number of methoxy groups -OCH3 is 2. The van der Waals surface area contributed by atoms with Gasteiger partial charge in [0.2, 0.25) is 0 Å². The van der Waals surface area contributed by atoms with Gasteiger partial charge in [-0.25, -0.2) is 8.78 Å². The summed E-state index contributed by atoms with van der Waals surface area (Å²) in [7, 11) is 2.98. The number of nitrogens with zero attached hydrogens (tertiary/aromatic N) is 1. The summed E-state index contributed by atoms with van der Waals surface area (Å²) in [5.41, 5.74) is 0.709. The minimum atomic E-state index is -0.990. The number of rotatable bonds is 4. The quantitative estimate of drug-likeness (QED) is 0.632. The molecular formula is C17H13F2NO2. The fourth-order valence-electron chi connectivity index (χ4n) is 1.97. The lowest BCUT2D eigenvalue weighted by Gasteiger charge is -2.09. The maximum atomic E-state index is 13.7. The average molecular weight is 301 g/mol. The molecule has 2 aromatic carbocycles. The molecule has 2 rings (SSSR count). The molecule has 5 heteroatoms. The summed E-state index contributed by atoms with van der Waals surface area (Å²) in [4.78, 5) is 0. The summed E-state index contributed by atoms with van der Waals surface area (Å²) in [6, 6.07) is 10.7. The monoisotopic (exact) mass is 301 g/mol. The highest BCUT2D eigenvalue weighted by atomic mass is 19.2. The molecule has 0 atom stereocenters. The van der Waals surface area contributed by atoms with E-state index in [4.69, 9.17) is 9.47 Å². The summed E-state index contributed by atoms with van der Waals surface area (Å²) in [6.07, 6.45) is 1.29. The van der Waals surface area contributed by atoms with Crippen LogP contribution in [0.1, 0.15) is 11.1 Å². The predicted octanol–water partition coefficient (Wildman–Crippen LogP) is 4.05. The van der Waals surface area contributed by atoms with Crippen molar-refractivity contribution in [2.24, 2.45) is 0 Å². The van der Waals surface area contributed by atoms with E-state index in [1.807, 2.05) is 6.07 Å². The van der Waals surface area contributed by atoms with Gasteiger partial charge in [0.25, 0.3) is 0 Å². The van der Waals surface area contributed by atoms with Crippen LogP contribution in [0.5, 0.6) is 11.5 Å². The molecule has 0 saturated carbocycles. The maximum absolute atomic E-state index is 13.7. The Morgan fingerprint density at radius 3 is 2.45 bits per heavy atom. The van der Waals surface area contributed by atoms with Crippen molar-refractivity contribution >= 4 is 11.6 Å². The molecule has 0 heterocycles. The topological polar surface area (TPSA) is 42.2 Å². The van der Waals surface area contributed by atoms with Crippen LogP contribution in [0, 0.1) is 23.0 Å². The Bertz CT molecular complexity index is 764. The molecule has 0 fully saturated rings. The normalized spacial score (nSPS) is 11.0. The number of hydrogen-bond acceptors (Lipinski definition) is 3. The zero-order valence-electron chi connectivity index (χ0n) is 12.1. The highest BCUT2D eigenvalue weighted by Gasteiger charge is 2.10. The number of hydrogen-bond donors (Lipinski definition) is 0. The fourth-order valence-corrected chi connectivity index (χ4v) is 1.97. The van der Waals surface area contributed by atoms with Gasteiger partial charge in [-0.05, 0) is 35.9 Å². The van der Waals surface area contributed by atoms with Gasteiger partial charge in [-0.1, -0.05) is 12.1 Å². The second-order valence-corrected chi connectivity index (χ2v) is 4.38. The summed E-state index contributed by atoms with van der Waals surface area (Å²) in [6.45, 7) is 0. The highest BCUT2D eigenvalue weighted by Crippen LogP contribution is 2.31. The van der Waals surface area contributed by atoms with Gasteiger partial charge in [0.05, 0.1) is 25.9 Å². The van der Waals surface area contributed by atoms with E-state index in [9.17, 15) is 14.0 Å². The van der Waals surface area contributed by atoms with Crippen LogP contribution >= 0.6 is 0 Å². The fraction of sp³-hybridized carbons (Fsp3) is 0.118. The van der Waals surface area contributed by atoms with Crippen molar-refractivity contribution in [3.05, 3.63) is 59.2 Å². The number of nitriles is 1. The average Bonchev–Trinajstić information content (AvgIpc) is 2.55. The molecule has 0 aromatic heterocycles. The van der Waals surface area contributed by atoms with Gasteiger partial charge in [-0.15, -0.1) is 0 Å². The van der Waals surface area contributed by atoms with Gasteiger partial charge in [0, 0.05) is 5.56 Å². The first kappa shape index (κ1) is 15.5. The van der Waals surface area contributed by atoms with Crippen molar-refractivity contribution in [3.8, 4) is 17.6 Å². The lowest BCUT2D eigenvalue weighted by Crippen LogP contribution is -1.93. The Labute approximate surface area is 127 Å². The number of allylic oxidation sites excluding steroid dienone is 1. The van der Waals surface area contributed by atoms with E-state index in [0.717, 1.165) is 6.07 Å². The summed E-state index contributed by atoms with van der Waals surface area (Å²) >= 11 is 0. The van der Waals surface area contributed by atoms with Gasteiger partial charge >= 0.3 is 0 Å². The van der Waals surface area contributed by atoms with Crippen LogP contribution in [0.15, 0.2) is 36.4 Å². The number of halogens is 2. The molecule has 0 unspecified atom stereocenters. The minimum Gasteiger partial charge on any atom is -0.493 e. The van der Waals surface area contributed by atoms with Crippen LogP contribution in [0.2, 0.25) is 0 Å². The molecule has 0 radical (unpaired) electrons. The first-order valence-corrected chi connectivity index (χ1v) is 6.39. The van der Waals surface area contributed by atoms with Crippen molar-refractivity contribution in [1.29, 1.82) is 5.26 Å². The second kappa shape index (κ2) is 6.72. The third kappa shape index (κ3) is 3.07. The van der Waals surface area contributed by atoms with Gasteiger partial charge in [0.1, 0.15) is 0 Å². The Morgan fingerprint density at radius 1 is 1.09 bits per heavy atom. The molecule has 0 aliphatic carbocycles. The van der Waals surface area contributed by atoms with Crippen molar-refractivity contribution in [3.63, 3.8) is 0 Å². The van der Waals surface area contributed by atoms with E-state index in [1.54, 1.807) is 18.2 Å². The molecule has 22 heavy (non-hydrogen) atoms. The van der Waals surface area contributed by atoms with Crippen molar-refractivity contribution in [2.75, 3.05) is 14.2 Å². The van der Waals surface area contributed by atoms with Gasteiger partial charge < -0.3 is 9.47 Å². The van der Waals surface area contributed by atoms with Gasteiger partial charge in [-0.3, -0.25) is 0 Å². The van der Waals surface area contributed by atoms with E-state index < -0.39 is 11.6 Å². The number of ether oxygens (including phenoxy) is 2. The molecule has 112 valence electrons. The summed E-state index contributed by atoms with van der Waals surface area (Å²) in [5, 5.41) is 9.28. The second-order valence-electron chi connectivity index (χ2n) is 4.38. The smallest absolute Gasteiger partial charge is 0.166 e. The molecule has 0 N–H and O–H groups in total. The summed E-state index contributed by atoms with van der Waals surface area (Å²) < 4.78 is 37.2. The van der Waals surface area contributed by atoms with E-state index in [0.29, 0.717) is 17.1 Å². The maximum Gasteiger partial charge on any atom is 0.166 e. The van der Waals surface area contributed by atoms with Crippen LogP contribution in [-0.4, -0.2) is 14.2 Å². The Hall–Kier alpha value is -2.87. The third-order valence-electron chi connectivity index (χ3n) is 3.10. The molecule has 3 nitrogen and oxygen atoms in total. The Kier molecular flexibility index (Phi) is 4.74. The SMILES string of the molecule is COc1ccc(/C(C#N)=C/c2cccc(F)c2F)cc1OC. The van der Waals surface area contributed by atoms with E-state index in [2.05, 4.69) is 0 Å². The van der Waals surface area contributed by atoms with Gasteiger partial charge in [0.15, 0.2) is 23.1 Å². The Morgan fingerprint density at radius 2 is 1.82 bits per heavy atom. The molecule has 0 saturated heterocycles. The van der Waals surface area contributed by atoms with Crippen LogP contribution < -0.4 is 9.47 Å². The predicted molar refractivity (Wildman–Crippen MR) is 79.4 cm³/mol. The van der Waals surface area contributed by atoms with E-state index in [1.165, 1.54) is 32.4 Å². The molecule has 0 bridgehead atoms. The van der Waals surface area contributed by atoms with Crippen LogP contribution in [0.3, 0.4) is 0 Å². The lowest BCUT2D eigenvalue weighted by molar-refractivity contribution is 0.355. The Balaban J connectivity index is 2.51. The standard InChI is InChI=1S/C17H13F2NO2/c1-21-15-7-6-11(9-16(15)22-2)13(10-20)8-12-4-3-5-14(18)17(12)19/h3-9H,1-2H3/b13-8+. The molecular weight excluding hydrogens is 288 g/mol. The van der Waals surface area contributed by atoms with Crippen molar-refractivity contribution in [1.82, 2.24) is 0 Å². The minimum absolute atomic E-state index is 0.00587.